The molecule has 2 fully saturated rings. The maximum atomic E-state index is 13.7. The minimum Gasteiger partial charge on any atom is -0.505 e. The number of fused-ring (bicyclic) bond motifs is 1. The first-order chi connectivity index (χ1) is 20.8. The van der Waals surface area contributed by atoms with Gasteiger partial charge in [-0.2, -0.15) is 0 Å². The largest absolute Gasteiger partial charge is 0.505 e. The molecule has 10 heteroatoms. The lowest BCUT2D eigenvalue weighted by molar-refractivity contribution is -0.140. The molecule has 230 valence electrons. The van der Waals surface area contributed by atoms with Crippen LogP contribution < -0.4 is 9.47 Å². The van der Waals surface area contributed by atoms with E-state index in [-0.39, 0.29) is 17.0 Å². The molecule has 4 heterocycles. The molecule has 5 rings (SSSR count). The number of rotatable bonds is 12. The number of pyridine rings is 1. The van der Waals surface area contributed by atoms with E-state index >= 15 is 0 Å². The molecule has 2 aliphatic rings. The maximum Gasteiger partial charge on any atom is 0.295 e. The van der Waals surface area contributed by atoms with Crippen molar-refractivity contribution >= 4 is 23.1 Å². The van der Waals surface area contributed by atoms with Crippen molar-refractivity contribution in [3.8, 4) is 11.5 Å². The SMILES string of the molecule is CCCCOc1ccc(C2/C(=C(\O)c3nc4c(C)cccn4c3C)C(=O)C(=O)N2CCCN2CCOCC2)cc1OCC. The number of nitrogens with zero attached hydrogens (tertiary/aromatic N) is 4. The molecule has 1 amide bonds. The Kier molecular flexibility index (Phi) is 9.67. The number of ketones is 1. The van der Waals surface area contributed by atoms with Gasteiger partial charge < -0.3 is 28.6 Å². The van der Waals surface area contributed by atoms with E-state index < -0.39 is 17.7 Å². The third kappa shape index (κ3) is 6.26. The lowest BCUT2D eigenvalue weighted by Gasteiger charge is -2.29. The van der Waals surface area contributed by atoms with Crippen molar-refractivity contribution in [2.45, 2.75) is 53.0 Å². The summed E-state index contributed by atoms with van der Waals surface area (Å²) >= 11 is 0. The molecule has 2 aliphatic heterocycles. The molecule has 0 radical (unpaired) electrons. The van der Waals surface area contributed by atoms with Gasteiger partial charge in [0.05, 0.1) is 43.7 Å². The number of hydrogen-bond donors (Lipinski definition) is 1. The summed E-state index contributed by atoms with van der Waals surface area (Å²) in [5.74, 6) is -0.485. The Hall–Kier alpha value is -3.89. The molecule has 0 spiro atoms. The number of morpholine rings is 1. The van der Waals surface area contributed by atoms with E-state index in [1.807, 2.05) is 61.7 Å². The maximum absolute atomic E-state index is 13.7. The summed E-state index contributed by atoms with van der Waals surface area (Å²) in [4.78, 5) is 35.9. The Bertz CT molecular complexity index is 1510. The van der Waals surface area contributed by atoms with Crippen LogP contribution in [-0.2, 0) is 14.3 Å². The Morgan fingerprint density at radius 3 is 2.56 bits per heavy atom. The number of imidazole rings is 1. The molecule has 0 saturated carbocycles. The zero-order chi connectivity index (χ0) is 30.5. The van der Waals surface area contributed by atoms with E-state index in [0.717, 1.165) is 38.0 Å². The van der Waals surface area contributed by atoms with Gasteiger partial charge in [0.2, 0.25) is 0 Å². The predicted octanol–water partition coefficient (Wildman–Crippen LogP) is 4.67. The lowest BCUT2D eigenvalue weighted by atomic mass is 9.96. The van der Waals surface area contributed by atoms with Crippen LogP contribution in [0.5, 0.6) is 11.5 Å². The van der Waals surface area contributed by atoms with Gasteiger partial charge in [-0.3, -0.25) is 14.5 Å². The third-order valence-corrected chi connectivity index (χ3v) is 8.16. The summed E-state index contributed by atoms with van der Waals surface area (Å²) in [5, 5.41) is 11.8. The van der Waals surface area contributed by atoms with Crippen molar-refractivity contribution in [2.75, 3.05) is 52.6 Å². The van der Waals surface area contributed by atoms with E-state index in [2.05, 4.69) is 11.8 Å². The molecule has 2 saturated heterocycles. The first kappa shape index (κ1) is 30.6. The van der Waals surface area contributed by atoms with Gasteiger partial charge >= 0.3 is 0 Å². The van der Waals surface area contributed by atoms with Crippen LogP contribution in [0.3, 0.4) is 0 Å². The molecule has 43 heavy (non-hydrogen) atoms. The number of amides is 1. The van der Waals surface area contributed by atoms with Gasteiger partial charge in [-0.25, -0.2) is 4.98 Å². The standard InChI is InChI=1S/C33H42N4O6/c1-5-7-18-43-25-12-11-24(21-26(25)42-6-2)29-27(30(38)28-23(4)36-14-8-10-22(3)32(36)34-28)31(39)33(40)37(29)15-9-13-35-16-19-41-20-17-35/h8,10-12,14,21,29,38H,5-7,9,13,15-20H2,1-4H3/b30-27+. The van der Waals surface area contributed by atoms with Gasteiger partial charge in [-0.1, -0.05) is 25.5 Å². The highest BCUT2D eigenvalue weighted by Crippen LogP contribution is 2.42. The van der Waals surface area contributed by atoms with E-state index in [1.165, 1.54) is 0 Å². The Morgan fingerprint density at radius 2 is 1.84 bits per heavy atom. The van der Waals surface area contributed by atoms with Crippen LogP contribution in [0.25, 0.3) is 11.4 Å². The minimum atomic E-state index is -0.807. The fraction of sp³-hybridized carbons (Fsp3) is 0.485. The molecule has 0 aliphatic carbocycles. The first-order valence-corrected chi connectivity index (χ1v) is 15.3. The second kappa shape index (κ2) is 13.6. The van der Waals surface area contributed by atoms with Gasteiger partial charge in [0.25, 0.3) is 11.7 Å². The summed E-state index contributed by atoms with van der Waals surface area (Å²) in [7, 11) is 0. The molecule has 10 nitrogen and oxygen atoms in total. The highest BCUT2D eigenvalue weighted by molar-refractivity contribution is 6.46. The van der Waals surface area contributed by atoms with Crippen LogP contribution in [0.2, 0.25) is 0 Å². The van der Waals surface area contributed by atoms with Crippen LogP contribution in [0, 0.1) is 13.8 Å². The minimum absolute atomic E-state index is 0.0302. The van der Waals surface area contributed by atoms with Crippen molar-refractivity contribution in [1.82, 2.24) is 19.2 Å². The average molecular weight is 591 g/mol. The second-order valence-electron chi connectivity index (χ2n) is 11.1. The number of aryl methyl sites for hydroxylation is 2. The molecule has 1 atom stereocenters. The number of aliphatic hydroxyl groups is 1. The van der Waals surface area contributed by atoms with Crippen molar-refractivity contribution < 1.29 is 28.9 Å². The zero-order valence-corrected chi connectivity index (χ0v) is 25.6. The summed E-state index contributed by atoms with van der Waals surface area (Å²) in [6, 6.07) is 8.54. The first-order valence-electron chi connectivity index (χ1n) is 15.3. The predicted molar refractivity (Wildman–Crippen MR) is 164 cm³/mol. The zero-order valence-electron chi connectivity index (χ0n) is 25.6. The molecule has 1 N–H and O–H groups in total. The molecule has 1 aromatic carbocycles. The Morgan fingerprint density at radius 1 is 1.05 bits per heavy atom. The quantitative estimate of drug-likeness (QED) is 0.140. The second-order valence-corrected chi connectivity index (χ2v) is 11.1. The normalized spacial score (nSPS) is 19.0. The van der Waals surface area contributed by atoms with E-state index in [9.17, 15) is 14.7 Å². The number of ether oxygens (including phenoxy) is 3. The number of aromatic nitrogens is 2. The number of aliphatic hydroxyl groups excluding tert-OH is 1. The van der Waals surface area contributed by atoms with E-state index in [0.29, 0.717) is 67.8 Å². The Balaban J connectivity index is 1.57. The molecular formula is C33H42N4O6. The summed E-state index contributed by atoms with van der Waals surface area (Å²) in [5.41, 5.74) is 3.28. The molecule has 0 bridgehead atoms. The van der Waals surface area contributed by atoms with Crippen LogP contribution >= 0.6 is 0 Å². The van der Waals surface area contributed by atoms with Crippen LogP contribution in [0.15, 0.2) is 42.1 Å². The Labute approximate surface area is 252 Å². The van der Waals surface area contributed by atoms with Crippen LogP contribution in [0.4, 0.5) is 0 Å². The molecule has 3 aromatic rings. The number of carbonyl (C=O) groups is 2. The molecule has 2 aromatic heterocycles. The van der Waals surface area contributed by atoms with Gasteiger partial charge in [0.15, 0.2) is 17.3 Å². The number of Topliss-reactive ketones (excluding diaryl/α,β-unsaturated/α-hetero) is 1. The van der Waals surface area contributed by atoms with Crippen LogP contribution in [-0.4, -0.2) is 88.6 Å². The van der Waals surface area contributed by atoms with Crippen molar-refractivity contribution in [1.29, 1.82) is 0 Å². The number of likely N-dealkylation sites (tertiary alicyclic amines) is 1. The summed E-state index contributed by atoms with van der Waals surface area (Å²) < 4.78 is 19.3. The molecule has 1 unspecified atom stereocenters. The summed E-state index contributed by atoms with van der Waals surface area (Å²) in [6.45, 7) is 13.0. The number of benzene rings is 1. The fourth-order valence-electron chi connectivity index (χ4n) is 5.83. The van der Waals surface area contributed by atoms with E-state index in [1.54, 1.807) is 4.90 Å². The van der Waals surface area contributed by atoms with Gasteiger partial charge in [0.1, 0.15) is 11.3 Å². The monoisotopic (exact) mass is 590 g/mol. The third-order valence-electron chi connectivity index (χ3n) is 8.16. The number of hydrogen-bond acceptors (Lipinski definition) is 8. The number of carbonyl (C=O) groups excluding carboxylic acids is 2. The topological polar surface area (TPSA) is 106 Å². The van der Waals surface area contributed by atoms with E-state index in [4.69, 9.17) is 19.2 Å². The van der Waals surface area contributed by atoms with Crippen molar-refractivity contribution in [3.05, 3.63) is 64.6 Å². The average Bonchev–Trinajstić information content (AvgIpc) is 3.48. The fourth-order valence-corrected chi connectivity index (χ4v) is 5.83. The smallest absolute Gasteiger partial charge is 0.295 e. The lowest BCUT2D eigenvalue weighted by Crippen LogP contribution is -2.39. The highest BCUT2D eigenvalue weighted by atomic mass is 16.5. The van der Waals surface area contributed by atoms with Crippen molar-refractivity contribution in [3.63, 3.8) is 0 Å². The van der Waals surface area contributed by atoms with Gasteiger partial charge in [-0.05, 0) is 62.9 Å². The van der Waals surface area contributed by atoms with Gasteiger partial charge in [-0.15, -0.1) is 0 Å². The number of unbranched alkanes of at least 4 members (excludes halogenated alkanes) is 1. The van der Waals surface area contributed by atoms with Gasteiger partial charge in [0, 0.05) is 32.4 Å². The highest BCUT2D eigenvalue weighted by Gasteiger charge is 2.46. The summed E-state index contributed by atoms with van der Waals surface area (Å²) in [6.07, 6.45) is 4.46. The van der Waals surface area contributed by atoms with Crippen LogP contribution in [0.1, 0.15) is 61.7 Å². The molecular weight excluding hydrogens is 548 g/mol. The van der Waals surface area contributed by atoms with Crippen molar-refractivity contribution in [2.24, 2.45) is 0 Å².